The van der Waals surface area contributed by atoms with Crippen LogP contribution in [-0.2, 0) is 0 Å². The van der Waals surface area contributed by atoms with E-state index in [-0.39, 0.29) is 0 Å². The molecule has 2 rings (SSSR count). The molecular weight excluding hydrogens is 303 g/mol. The molecule has 0 aliphatic heterocycles. The van der Waals surface area contributed by atoms with E-state index in [1.165, 1.54) is 17.8 Å². The largest absolute Gasteiger partial charge is 0.111 e. The molecule has 1 fully saturated rings. The van der Waals surface area contributed by atoms with Crippen molar-refractivity contribution in [2.75, 3.05) is 0 Å². The second-order valence-corrected chi connectivity index (χ2v) is 7.75. The van der Waals surface area contributed by atoms with E-state index in [0.717, 1.165) is 14.2 Å². The molecule has 1 aromatic rings. The van der Waals surface area contributed by atoms with Gasteiger partial charge in [-0.15, -0.1) is 11.3 Å². The van der Waals surface area contributed by atoms with Gasteiger partial charge in [0.15, 0.2) is 0 Å². The Kier molecular flexibility index (Phi) is 2.94. The third-order valence-corrected chi connectivity index (χ3v) is 5.57. The zero-order valence-corrected chi connectivity index (χ0v) is 11.9. The summed E-state index contributed by atoms with van der Waals surface area (Å²) in [5, 5.41) is 0. The van der Waals surface area contributed by atoms with Gasteiger partial charge in [-0.3, -0.25) is 0 Å². The van der Waals surface area contributed by atoms with Gasteiger partial charge in [-0.25, -0.2) is 0 Å². The lowest BCUT2D eigenvalue weighted by molar-refractivity contribution is 0.555. The molecule has 2 unspecified atom stereocenters. The summed E-state index contributed by atoms with van der Waals surface area (Å²) in [5.41, 5.74) is 1.60. The highest BCUT2D eigenvalue weighted by Crippen LogP contribution is 2.61. The Morgan fingerprint density at radius 3 is 2.50 bits per heavy atom. The van der Waals surface area contributed by atoms with Crippen LogP contribution in [0.2, 0.25) is 8.67 Å². The molecule has 0 amide bonds. The molecule has 1 saturated carbocycles. The van der Waals surface area contributed by atoms with Gasteiger partial charge in [0, 0.05) is 4.83 Å². The van der Waals surface area contributed by atoms with Gasteiger partial charge in [-0.2, -0.15) is 0 Å². The molecular formula is C10H11BrCl2S. The number of rotatable bonds is 2. The maximum atomic E-state index is 6.11. The zero-order valence-electron chi connectivity index (χ0n) is 7.98. The predicted molar refractivity (Wildman–Crippen MR) is 67.9 cm³/mol. The Hall–Kier alpha value is 0.760. The topological polar surface area (TPSA) is 0 Å². The average molecular weight is 314 g/mol. The van der Waals surface area contributed by atoms with Crippen LogP contribution < -0.4 is 0 Å². The van der Waals surface area contributed by atoms with Crippen LogP contribution in [0.5, 0.6) is 0 Å². The van der Waals surface area contributed by atoms with E-state index in [9.17, 15) is 0 Å². The van der Waals surface area contributed by atoms with Gasteiger partial charge in [0.05, 0.1) is 8.67 Å². The number of alkyl halides is 1. The van der Waals surface area contributed by atoms with Crippen LogP contribution in [0.4, 0.5) is 0 Å². The summed E-state index contributed by atoms with van der Waals surface area (Å²) in [4.78, 5) is 0.355. The van der Waals surface area contributed by atoms with Crippen LogP contribution in [0.1, 0.15) is 30.7 Å². The van der Waals surface area contributed by atoms with Gasteiger partial charge >= 0.3 is 0 Å². The lowest BCUT2D eigenvalue weighted by Gasteiger charge is -2.10. The van der Waals surface area contributed by atoms with Crippen molar-refractivity contribution < 1.29 is 0 Å². The van der Waals surface area contributed by atoms with E-state index >= 15 is 0 Å². The molecule has 2 atom stereocenters. The van der Waals surface area contributed by atoms with Crippen molar-refractivity contribution in [3.05, 3.63) is 20.3 Å². The van der Waals surface area contributed by atoms with E-state index in [1.54, 1.807) is 0 Å². The van der Waals surface area contributed by atoms with Gasteiger partial charge in [0.2, 0.25) is 0 Å². The van der Waals surface area contributed by atoms with E-state index in [2.05, 4.69) is 29.8 Å². The summed E-state index contributed by atoms with van der Waals surface area (Å²) in [6.45, 7) is 4.57. The van der Waals surface area contributed by atoms with Crippen LogP contribution in [0.15, 0.2) is 6.07 Å². The molecule has 0 aromatic carbocycles. The van der Waals surface area contributed by atoms with Crippen LogP contribution >= 0.6 is 50.5 Å². The highest BCUT2D eigenvalue weighted by atomic mass is 79.9. The predicted octanol–water partition coefficient (Wildman–Crippen LogP) is 5.54. The van der Waals surface area contributed by atoms with Crippen molar-refractivity contribution in [2.45, 2.75) is 25.1 Å². The fraction of sp³-hybridized carbons (Fsp3) is 0.600. The first kappa shape index (κ1) is 11.3. The molecule has 14 heavy (non-hydrogen) atoms. The number of hydrogen-bond acceptors (Lipinski definition) is 1. The van der Waals surface area contributed by atoms with Crippen molar-refractivity contribution in [1.82, 2.24) is 0 Å². The Morgan fingerprint density at radius 1 is 1.57 bits per heavy atom. The molecule has 1 aliphatic rings. The Balaban J connectivity index is 2.20. The highest BCUT2D eigenvalue weighted by molar-refractivity contribution is 9.09. The number of halogens is 3. The SMILES string of the molecule is CC1(C)CC1C(Br)c1cc(Cl)sc1Cl. The fourth-order valence-corrected chi connectivity index (χ4v) is 4.86. The van der Waals surface area contributed by atoms with Crippen LogP contribution in [0, 0.1) is 11.3 Å². The average Bonchev–Trinajstić information content (AvgIpc) is 2.55. The Bertz CT molecular complexity index is 359. The molecule has 1 heterocycles. The van der Waals surface area contributed by atoms with Gasteiger partial charge in [-0.1, -0.05) is 53.0 Å². The molecule has 1 aliphatic carbocycles. The molecule has 4 heteroatoms. The first-order chi connectivity index (χ1) is 6.42. The lowest BCUT2D eigenvalue weighted by atomic mass is 10.1. The zero-order chi connectivity index (χ0) is 10.5. The summed E-state index contributed by atoms with van der Waals surface area (Å²) in [6.07, 6.45) is 1.26. The maximum absolute atomic E-state index is 6.11. The second-order valence-electron chi connectivity index (χ2n) is 4.48. The molecule has 0 spiro atoms. The quantitative estimate of drug-likeness (QED) is 0.629. The summed E-state index contributed by atoms with van der Waals surface area (Å²) in [7, 11) is 0. The van der Waals surface area contributed by atoms with Gasteiger partial charge in [0.1, 0.15) is 0 Å². The summed E-state index contributed by atoms with van der Waals surface area (Å²) >= 11 is 17.2. The standard InChI is InChI=1S/C10H11BrCl2S/c1-10(2)4-6(10)8(11)5-3-7(12)14-9(5)13/h3,6,8H,4H2,1-2H3. The van der Waals surface area contributed by atoms with E-state index < -0.39 is 0 Å². The Labute approximate surface area is 107 Å². The molecule has 0 N–H and O–H groups in total. The molecule has 0 bridgehead atoms. The van der Waals surface area contributed by atoms with Crippen LogP contribution in [0.3, 0.4) is 0 Å². The van der Waals surface area contributed by atoms with Gasteiger partial charge in [-0.05, 0) is 29.4 Å². The number of thiophene rings is 1. The maximum Gasteiger partial charge on any atom is 0.0987 e. The first-order valence-electron chi connectivity index (χ1n) is 4.50. The third kappa shape index (κ3) is 1.99. The smallest absolute Gasteiger partial charge is 0.0987 e. The second kappa shape index (κ2) is 3.65. The molecule has 78 valence electrons. The van der Waals surface area contributed by atoms with Crippen LogP contribution in [-0.4, -0.2) is 0 Å². The van der Waals surface area contributed by atoms with Crippen molar-refractivity contribution in [1.29, 1.82) is 0 Å². The third-order valence-electron chi connectivity index (χ3n) is 2.92. The van der Waals surface area contributed by atoms with E-state index in [4.69, 9.17) is 23.2 Å². The highest BCUT2D eigenvalue weighted by Gasteiger charge is 2.50. The van der Waals surface area contributed by atoms with Gasteiger partial charge in [0.25, 0.3) is 0 Å². The molecule has 0 radical (unpaired) electrons. The summed E-state index contributed by atoms with van der Waals surface area (Å²) in [6, 6.07) is 1.97. The molecule has 1 aromatic heterocycles. The fourth-order valence-electron chi connectivity index (χ4n) is 1.77. The normalized spacial score (nSPS) is 26.2. The van der Waals surface area contributed by atoms with Crippen molar-refractivity contribution in [2.24, 2.45) is 11.3 Å². The molecule has 0 nitrogen and oxygen atoms in total. The van der Waals surface area contributed by atoms with Crippen LogP contribution in [0.25, 0.3) is 0 Å². The van der Waals surface area contributed by atoms with Crippen molar-refractivity contribution >= 4 is 50.5 Å². The minimum Gasteiger partial charge on any atom is -0.111 e. The van der Waals surface area contributed by atoms with Crippen molar-refractivity contribution in [3.8, 4) is 0 Å². The summed E-state index contributed by atoms with van der Waals surface area (Å²) in [5.74, 6) is 0.686. The molecule has 0 saturated heterocycles. The van der Waals surface area contributed by atoms with Crippen molar-refractivity contribution in [3.63, 3.8) is 0 Å². The van der Waals surface area contributed by atoms with E-state index in [1.807, 2.05) is 6.07 Å². The van der Waals surface area contributed by atoms with E-state index in [0.29, 0.717) is 16.2 Å². The monoisotopic (exact) mass is 312 g/mol. The Morgan fingerprint density at radius 2 is 2.14 bits per heavy atom. The number of hydrogen-bond donors (Lipinski definition) is 0. The minimum atomic E-state index is 0.355. The first-order valence-corrected chi connectivity index (χ1v) is 6.99. The van der Waals surface area contributed by atoms with Gasteiger partial charge < -0.3 is 0 Å². The minimum absolute atomic E-state index is 0.355. The lowest BCUT2D eigenvalue weighted by Crippen LogP contribution is -1.97. The summed E-state index contributed by atoms with van der Waals surface area (Å²) < 4.78 is 1.59.